The molecule has 1 unspecified atom stereocenters. The lowest BCUT2D eigenvalue weighted by Gasteiger charge is -2.28. The summed E-state index contributed by atoms with van der Waals surface area (Å²) in [6.07, 6.45) is 2.65. The summed E-state index contributed by atoms with van der Waals surface area (Å²) < 4.78 is 6.59. The molecule has 4 N–H and O–H groups in total. The predicted octanol–water partition coefficient (Wildman–Crippen LogP) is -1.43. The van der Waals surface area contributed by atoms with Crippen molar-refractivity contribution < 1.29 is 39.1 Å². The van der Waals surface area contributed by atoms with E-state index in [0.29, 0.717) is 5.56 Å². The van der Waals surface area contributed by atoms with Crippen molar-refractivity contribution in [2.75, 3.05) is 6.61 Å². The molecule has 0 fully saturated rings. The molecular weight excluding hydrogens is 401 g/mol. The number of carbonyl (C=O) groups is 3. The van der Waals surface area contributed by atoms with E-state index in [4.69, 9.17) is 9.76 Å². The van der Waals surface area contributed by atoms with Crippen LogP contribution < -0.4 is 9.97 Å². The number of oxime groups is 1. The lowest BCUT2D eigenvalue weighted by Crippen LogP contribution is -2.54. The summed E-state index contributed by atoms with van der Waals surface area (Å²) in [6.45, 7) is -0.927. The first-order valence-corrected chi connectivity index (χ1v) is 8.59. The van der Waals surface area contributed by atoms with Gasteiger partial charge in [0.2, 0.25) is 6.61 Å². The van der Waals surface area contributed by atoms with Crippen LogP contribution in [0.3, 0.4) is 0 Å². The number of carboxylic acids is 2. The molecule has 30 heavy (non-hydrogen) atoms. The van der Waals surface area contributed by atoms with Crippen molar-refractivity contribution in [2.45, 2.75) is 18.9 Å². The molecule has 0 saturated carbocycles. The SMILES string of the molecule is O=C(O)CON=C(Cn1cncn1)C(=O)NC1Cc2cccc(C(=O)O)c2OB1O. The van der Waals surface area contributed by atoms with Crippen molar-refractivity contribution in [3.05, 3.63) is 42.0 Å². The molecule has 14 heteroatoms. The molecule has 1 amide bonds. The maximum atomic E-state index is 12.7. The molecule has 13 nitrogen and oxygen atoms in total. The van der Waals surface area contributed by atoms with Crippen LogP contribution in [0, 0.1) is 0 Å². The zero-order valence-corrected chi connectivity index (χ0v) is 15.3. The number of carbonyl (C=O) groups excluding carboxylic acids is 1. The Morgan fingerprint density at radius 2 is 2.17 bits per heavy atom. The third-order valence-electron chi connectivity index (χ3n) is 4.07. The predicted molar refractivity (Wildman–Crippen MR) is 98.7 cm³/mol. The number of benzene rings is 1. The van der Waals surface area contributed by atoms with Crippen molar-refractivity contribution >= 4 is 30.7 Å². The number of nitrogens with one attached hydrogen (secondary N) is 1. The summed E-state index contributed by atoms with van der Waals surface area (Å²) in [4.78, 5) is 43.0. The van der Waals surface area contributed by atoms with Gasteiger partial charge in [-0.2, -0.15) is 5.10 Å². The molecule has 1 aliphatic rings. The zero-order valence-electron chi connectivity index (χ0n) is 15.3. The number of hydrogen-bond acceptors (Lipinski definition) is 9. The average Bonchev–Trinajstić information content (AvgIpc) is 3.20. The second-order valence-electron chi connectivity index (χ2n) is 6.19. The quantitative estimate of drug-likeness (QED) is 0.225. The van der Waals surface area contributed by atoms with Gasteiger partial charge in [-0.3, -0.25) is 4.79 Å². The highest BCUT2D eigenvalue weighted by Crippen LogP contribution is 2.30. The molecule has 1 aliphatic heterocycles. The summed E-state index contributed by atoms with van der Waals surface area (Å²) in [5, 5.41) is 38.1. The minimum Gasteiger partial charge on any atom is -0.534 e. The van der Waals surface area contributed by atoms with Crippen LogP contribution in [0.5, 0.6) is 5.75 Å². The number of carboxylic acid groups (broad SMARTS) is 2. The minimum absolute atomic E-state index is 0.0318. The molecule has 0 saturated heterocycles. The standard InChI is InChI=1S/C16H16BN5O8/c23-13(24)6-29-21-11(5-22-8-18-7-19-22)15(25)20-12-4-9-2-1-3-10(16(26)27)14(9)30-17(12)28/h1-3,7-8,12,28H,4-6H2,(H,20,25)(H,23,24)(H,26,27). The van der Waals surface area contributed by atoms with Gasteiger partial charge in [0.25, 0.3) is 5.91 Å². The molecule has 0 aliphatic carbocycles. The van der Waals surface area contributed by atoms with Crippen LogP contribution in [0.25, 0.3) is 0 Å². The topological polar surface area (TPSA) is 185 Å². The van der Waals surface area contributed by atoms with E-state index < -0.39 is 37.5 Å². The second-order valence-corrected chi connectivity index (χ2v) is 6.19. The molecule has 2 heterocycles. The largest absolute Gasteiger partial charge is 0.547 e. The highest BCUT2D eigenvalue weighted by atomic mass is 16.6. The van der Waals surface area contributed by atoms with Gasteiger partial charge in [0.05, 0.1) is 18.0 Å². The Balaban J connectivity index is 1.75. The molecule has 2 aromatic rings. The van der Waals surface area contributed by atoms with Crippen molar-refractivity contribution in [2.24, 2.45) is 5.16 Å². The minimum atomic E-state index is -1.52. The maximum absolute atomic E-state index is 12.7. The van der Waals surface area contributed by atoms with Crippen molar-refractivity contribution in [1.29, 1.82) is 0 Å². The third-order valence-corrected chi connectivity index (χ3v) is 4.07. The highest BCUT2D eigenvalue weighted by molar-refractivity contribution is 6.48. The van der Waals surface area contributed by atoms with E-state index in [1.54, 1.807) is 6.07 Å². The van der Waals surface area contributed by atoms with E-state index in [2.05, 4.69) is 25.4 Å². The fourth-order valence-corrected chi connectivity index (χ4v) is 2.74. The van der Waals surface area contributed by atoms with Gasteiger partial charge in [0.1, 0.15) is 18.4 Å². The Kier molecular flexibility index (Phi) is 6.27. The Hall–Kier alpha value is -3.94. The van der Waals surface area contributed by atoms with Crippen LogP contribution in [-0.4, -0.2) is 73.2 Å². The molecule has 156 valence electrons. The summed E-state index contributed by atoms with van der Waals surface area (Å²) in [6, 6.07) is 4.49. The summed E-state index contributed by atoms with van der Waals surface area (Å²) in [5.74, 6) is -4.14. The molecule has 1 atom stereocenters. The van der Waals surface area contributed by atoms with Gasteiger partial charge in [0, 0.05) is 0 Å². The van der Waals surface area contributed by atoms with Gasteiger partial charge in [-0.25, -0.2) is 19.3 Å². The number of rotatable bonds is 8. The van der Waals surface area contributed by atoms with Crippen LogP contribution in [0.1, 0.15) is 15.9 Å². The summed E-state index contributed by atoms with van der Waals surface area (Å²) >= 11 is 0. The molecular formula is C16H16BN5O8. The summed E-state index contributed by atoms with van der Waals surface area (Å²) in [7, 11) is -1.52. The highest BCUT2D eigenvalue weighted by Gasteiger charge is 2.38. The van der Waals surface area contributed by atoms with Gasteiger partial charge in [-0.05, 0) is 18.1 Å². The molecule has 1 aromatic carbocycles. The van der Waals surface area contributed by atoms with Crippen LogP contribution in [-0.2, 0) is 27.4 Å². The monoisotopic (exact) mass is 417 g/mol. The van der Waals surface area contributed by atoms with E-state index in [1.807, 2.05) is 0 Å². The number of fused-ring (bicyclic) bond motifs is 1. The molecule has 0 radical (unpaired) electrons. The third kappa shape index (κ3) is 4.91. The van der Waals surface area contributed by atoms with Crippen molar-refractivity contribution in [1.82, 2.24) is 20.1 Å². The molecule has 3 rings (SSSR count). The van der Waals surface area contributed by atoms with Gasteiger partial charge in [-0.1, -0.05) is 17.3 Å². The maximum Gasteiger partial charge on any atom is 0.547 e. The van der Waals surface area contributed by atoms with Gasteiger partial charge in [-0.15, -0.1) is 0 Å². The zero-order chi connectivity index (χ0) is 21.7. The first kappa shape index (κ1) is 20.8. The molecule has 0 spiro atoms. The number of aromatic nitrogens is 3. The fourth-order valence-electron chi connectivity index (χ4n) is 2.74. The Morgan fingerprint density at radius 3 is 2.83 bits per heavy atom. The normalized spacial score (nSPS) is 15.7. The van der Waals surface area contributed by atoms with E-state index in [-0.39, 0.29) is 30.0 Å². The Morgan fingerprint density at radius 1 is 1.37 bits per heavy atom. The van der Waals surface area contributed by atoms with Crippen LogP contribution >= 0.6 is 0 Å². The number of aromatic carboxylic acids is 1. The van der Waals surface area contributed by atoms with E-state index in [0.717, 1.165) is 0 Å². The Bertz CT molecular complexity index is 980. The van der Waals surface area contributed by atoms with Crippen molar-refractivity contribution in [3.8, 4) is 5.75 Å². The fraction of sp³-hybridized carbons (Fsp3) is 0.250. The van der Waals surface area contributed by atoms with Crippen molar-refractivity contribution in [3.63, 3.8) is 0 Å². The average molecular weight is 417 g/mol. The number of aliphatic carboxylic acids is 1. The van der Waals surface area contributed by atoms with E-state index >= 15 is 0 Å². The van der Waals surface area contributed by atoms with E-state index in [9.17, 15) is 24.5 Å². The smallest absolute Gasteiger partial charge is 0.534 e. The van der Waals surface area contributed by atoms with Gasteiger partial charge < -0.3 is 30.0 Å². The molecule has 1 aromatic heterocycles. The second kappa shape index (κ2) is 9.04. The number of para-hydroxylation sites is 1. The van der Waals surface area contributed by atoms with Crippen LogP contribution in [0.2, 0.25) is 0 Å². The number of nitrogens with zero attached hydrogens (tertiary/aromatic N) is 4. The first-order chi connectivity index (χ1) is 14.3. The number of amides is 1. The lowest BCUT2D eigenvalue weighted by atomic mass is 9.72. The van der Waals surface area contributed by atoms with Gasteiger partial charge in [0.15, 0.2) is 5.71 Å². The lowest BCUT2D eigenvalue weighted by molar-refractivity contribution is -0.142. The van der Waals surface area contributed by atoms with Crippen LogP contribution in [0.15, 0.2) is 36.0 Å². The Labute approximate surface area is 169 Å². The van der Waals surface area contributed by atoms with Gasteiger partial charge >= 0.3 is 19.1 Å². The number of hydrogen-bond donors (Lipinski definition) is 4. The first-order valence-electron chi connectivity index (χ1n) is 8.59. The molecule has 0 bridgehead atoms. The van der Waals surface area contributed by atoms with E-state index in [1.165, 1.54) is 29.5 Å². The van der Waals surface area contributed by atoms with Crippen LogP contribution in [0.4, 0.5) is 0 Å². The summed E-state index contributed by atoms with van der Waals surface area (Å²) in [5.41, 5.74) is 0.160.